The van der Waals surface area contributed by atoms with Crippen molar-refractivity contribution >= 4 is 0 Å². The Morgan fingerprint density at radius 3 is 2.54 bits per heavy atom. The summed E-state index contributed by atoms with van der Waals surface area (Å²) in [6, 6.07) is 0. The highest BCUT2D eigenvalue weighted by molar-refractivity contribution is 4.94. The minimum absolute atomic E-state index is 0.122. The van der Waals surface area contributed by atoms with Crippen LogP contribution >= 0.6 is 0 Å². The van der Waals surface area contributed by atoms with Crippen LogP contribution < -0.4 is 0 Å². The molecule has 0 aliphatic heterocycles. The average Bonchev–Trinajstić information content (AvgIpc) is 2.15. The lowest BCUT2D eigenvalue weighted by Gasteiger charge is -2.40. The molecule has 0 N–H and O–H groups in total. The lowest BCUT2D eigenvalue weighted by molar-refractivity contribution is 0.123. The smallest absolute Gasteiger partial charge is 0.227 e. The van der Waals surface area contributed by atoms with Crippen LogP contribution in [0.4, 0.5) is 0 Å². The Balaban J connectivity index is 2.42. The Morgan fingerprint density at radius 1 is 1.38 bits per heavy atom. The van der Waals surface area contributed by atoms with Crippen molar-refractivity contribution in [1.82, 2.24) is 4.90 Å². The van der Waals surface area contributed by atoms with Gasteiger partial charge in [0.15, 0.2) is 0 Å². The molecule has 1 aliphatic carbocycles. The Labute approximate surface area is 81.7 Å². The van der Waals surface area contributed by atoms with E-state index in [1.54, 1.807) is 0 Å². The van der Waals surface area contributed by atoms with E-state index in [1.165, 1.54) is 19.3 Å². The van der Waals surface area contributed by atoms with Gasteiger partial charge in [0.05, 0.1) is 6.54 Å². The van der Waals surface area contributed by atoms with Gasteiger partial charge >= 0.3 is 0 Å². The van der Waals surface area contributed by atoms with E-state index >= 15 is 0 Å². The monoisotopic (exact) mass is 178 g/mol. The SMILES string of the molecule is [C-]#[N+]CCN(C)C1([CH])CCCCC1. The maximum absolute atomic E-state index is 6.73. The van der Waals surface area contributed by atoms with Crippen LogP contribution in [0.1, 0.15) is 32.1 Å². The molecule has 1 fully saturated rings. The molecule has 0 aromatic carbocycles. The molecule has 1 rings (SSSR count). The van der Waals surface area contributed by atoms with Crippen LogP contribution in [-0.2, 0) is 0 Å². The Bertz CT molecular complexity index is 187. The second-order valence-corrected chi connectivity index (χ2v) is 3.97. The van der Waals surface area contributed by atoms with Gasteiger partial charge in [-0.2, -0.15) is 0 Å². The summed E-state index contributed by atoms with van der Waals surface area (Å²) in [6.45, 7) is 14.4. The largest absolute Gasteiger partial charge is 0.316 e. The van der Waals surface area contributed by atoms with Crippen molar-refractivity contribution in [2.24, 2.45) is 0 Å². The van der Waals surface area contributed by atoms with Crippen molar-refractivity contribution in [3.05, 3.63) is 18.3 Å². The predicted molar refractivity (Wildman–Crippen MR) is 54.2 cm³/mol. The Kier molecular flexibility index (Phi) is 3.74. The molecule has 2 radical (unpaired) electrons. The quantitative estimate of drug-likeness (QED) is 0.601. The van der Waals surface area contributed by atoms with Gasteiger partial charge in [-0.25, -0.2) is 6.57 Å². The molecular weight excluding hydrogens is 160 g/mol. The molecule has 0 saturated heterocycles. The topological polar surface area (TPSA) is 7.60 Å². The summed E-state index contributed by atoms with van der Waals surface area (Å²) in [6.07, 6.45) is 5.95. The molecule has 0 aromatic heterocycles. The first-order valence-corrected chi connectivity index (χ1v) is 5.02. The second-order valence-electron chi connectivity index (χ2n) is 3.97. The summed E-state index contributed by atoms with van der Waals surface area (Å²) in [5.41, 5.74) is -0.122. The normalized spacial score (nSPS) is 21.4. The second kappa shape index (κ2) is 4.62. The van der Waals surface area contributed by atoms with Gasteiger partial charge in [0.2, 0.25) is 6.54 Å². The van der Waals surface area contributed by atoms with Gasteiger partial charge in [0.25, 0.3) is 0 Å². The van der Waals surface area contributed by atoms with Gasteiger partial charge in [-0.3, -0.25) is 4.90 Å². The molecule has 0 amide bonds. The fraction of sp³-hybridized carbons (Fsp3) is 0.818. The highest BCUT2D eigenvalue weighted by Crippen LogP contribution is 2.31. The molecule has 0 spiro atoms. The number of rotatable bonds is 3. The summed E-state index contributed by atoms with van der Waals surface area (Å²) in [5.74, 6) is 0. The van der Waals surface area contributed by atoms with Gasteiger partial charge < -0.3 is 4.85 Å². The van der Waals surface area contributed by atoms with Crippen molar-refractivity contribution in [2.75, 3.05) is 20.1 Å². The number of hydrogen-bond acceptors (Lipinski definition) is 1. The third-order valence-electron chi connectivity index (χ3n) is 3.03. The third kappa shape index (κ3) is 2.70. The molecule has 0 heterocycles. The van der Waals surface area contributed by atoms with Crippen LogP contribution in [0.2, 0.25) is 0 Å². The van der Waals surface area contributed by atoms with E-state index in [0.717, 1.165) is 19.4 Å². The van der Waals surface area contributed by atoms with Crippen LogP contribution in [0.5, 0.6) is 0 Å². The molecule has 1 saturated carbocycles. The van der Waals surface area contributed by atoms with Crippen molar-refractivity contribution in [3.8, 4) is 0 Å². The van der Waals surface area contributed by atoms with E-state index in [0.29, 0.717) is 6.54 Å². The summed E-state index contributed by atoms with van der Waals surface area (Å²) in [5, 5.41) is 0. The van der Waals surface area contributed by atoms with Crippen molar-refractivity contribution in [3.63, 3.8) is 0 Å². The first-order chi connectivity index (χ1) is 6.19. The maximum Gasteiger partial charge on any atom is 0.227 e. The minimum atomic E-state index is -0.122. The fourth-order valence-electron chi connectivity index (χ4n) is 1.97. The van der Waals surface area contributed by atoms with E-state index in [4.69, 9.17) is 13.5 Å². The highest BCUT2D eigenvalue weighted by Gasteiger charge is 2.31. The van der Waals surface area contributed by atoms with Crippen LogP contribution in [0, 0.1) is 13.5 Å². The zero-order valence-corrected chi connectivity index (χ0v) is 8.42. The summed E-state index contributed by atoms with van der Waals surface area (Å²) < 4.78 is 0. The van der Waals surface area contributed by atoms with E-state index in [2.05, 4.69) is 9.74 Å². The highest BCUT2D eigenvalue weighted by atomic mass is 15.2. The summed E-state index contributed by atoms with van der Waals surface area (Å²) in [7, 11) is 2.04. The first kappa shape index (κ1) is 10.5. The van der Waals surface area contributed by atoms with E-state index in [1.807, 2.05) is 7.05 Å². The van der Waals surface area contributed by atoms with Gasteiger partial charge in [-0.05, 0) is 26.8 Å². The molecule has 0 aromatic rings. The van der Waals surface area contributed by atoms with Crippen LogP contribution in [0.15, 0.2) is 0 Å². The molecule has 2 nitrogen and oxygen atoms in total. The van der Waals surface area contributed by atoms with Gasteiger partial charge in [0.1, 0.15) is 0 Å². The molecule has 0 unspecified atom stereocenters. The summed E-state index contributed by atoms with van der Waals surface area (Å²) in [4.78, 5) is 5.51. The molecule has 0 bridgehead atoms. The maximum atomic E-state index is 6.73. The molecule has 2 heteroatoms. The molecule has 13 heavy (non-hydrogen) atoms. The average molecular weight is 178 g/mol. The third-order valence-corrected chi connectivity index (χ3v) is 3.03. The van der Waals surface area contributed by atoms with Crippen molar-refractivity contribution in [2.45, 2.75) is 37.6 Å². The van der Waals surface area contributed by atoms with Gasteiger partial charge in [-0.15, -0.1) is 0 Å². The van der Waals surface area contributed by atoms with E-state index in [9.17, 15) is 0 Å². The standard InChI is InChI=1S/C11H18N2/c1-11(7-5-4-6-8-11)13(3)10-9-12-2/h1H,4-10H2,3H3. The minimum Gasteiger partial charge on any atom is -0.316 e. The fourth-order valence-corrected chi connectivity index (χ4v) is 1.97. The summed E-state index contributed by atoms with van der Waals surface area (Å²) >= 11 is 0. The zero-order valence-electron chi connectivity index (χ0n) is 8.42. The van der Waals surface area contributed by atoms with Gasteiger partial charge in [0, 0.05) is 5.54 Å². The zero-order chi connectivity index (χ0) is 9.73. The molecular formula is C11H18N2. The number of likely N-dealkylation sites (N-methyl/N-ethyl adjacent to an activating group) is 1. The predicted octanol–water partition coefficient (Wildman–Crippen LogP) is 2.25. The lowest BCUT2D eigenvalue weighted by atomic mass is 9.82. The van der Waals surface area contributed by atoms with Crippen molar-refractivity contribution < 1.29 is 0 Å². The first-order valence-electron chi connectivity index (χ1n) is 5.02. The van der Waals surface area contributed by atoms with Crippen molar-refractivity contribution in [1.29, 1.82) is 0 Å². The molecule has 0 atom stereocenters. The number of nitrogens with zero attached hydrogens (tertiary/aromatic N) is 2. The van der Waals surface area contributed by atoms with Gasteiger partial charge in [-0.1, -0.05) is 19.3 Å². The van der Waals surface area contributed by atoms with E-state index < -0.39 is 0 Å². The van der Waals surface area contributed by atoms with Crippen LogP contribution in [0.25, 0.3) is 4.85 Å². The Hall–Kier alpha value is -0.550. The molecule has 1 aliphatic rings. The van der Waals surface area contributed by atoms with E-state index in [-0.39, 0.29) is 5.54 Å². The lowest BCUT2D eigenvalue weighted by Crippen LogP contribution is -2.46. The number of hydrogen-bond donors (Lipinski definition) is 0. The molecule has 72 valence electrons. The Morgan fingerprint density at radius 2 is 2.00 bits per heavy atom. The van der Waals surface area contributed by atoms with Crippen LogP contribution in [-0.4, -0.2) is 30.6 Å². The van der Waals surface area contributed by atoms with Crippen LogP contribution in [0.3, 0.4) is 0 Å².